The monoisotopic (exact) mass is 226 g/mol. The minimum absolute atomic E-state index is 0.0309. The molecule has 0 heterocycles. The molecule has 1 saturated carbocycles. The molecule has 0 aromatic heterocycles. The Hall–Kier alpha value is -1.32. The van der Waals surface area contributed by atoms with Gasteiger partial charge in [-0.3, -0.25) is 9.59 Å². The largest absolute Gasteiger partial charge is 0.481 e. The van der Waals surface area contributed by atoms with E-state index in [1.165, 1.54) is 6.08 Å². The Kier molecular flexibility index (Phi) is 4.52. The number of hydrogen-bond donors (Lipinski definition) is 1. The molecule has 1 aliphatic carbocycles. The number of carboxylic acids is 1. The van der Waals surface area contributed by atoms with E-state index < -0.39 is 11.4 Å². The standard InChI is InChI=1S/C12H18O4/c1-2-9-16-11(15)12(6-3-4-7-12)8-5-10(13)14/h2H,1,3-9H2,(H,13,14). The third-order valence-corrected chi connectivity index (χ3v) is 3.14. The van der Waals surface area contributed by atoms with Crippen molar-refractivity contribution in [3.63, 3.8) is 0 Å². The van der Waals surface area contributed by atoms with Crippen LogP contribution in [0.3, 0.4) is 0 Å². The Morgan fingerprint density at radius 3 is 2.50 bits per heavy atom. The van der Waals surface area contributed by atoms with Crippen LogP contribution in [0.5, 0.6) is 0 Å². The maximum absolute atomic E-state index is 11.9. The maximum atomic E-state index is 11.9. The summed E-state index contributed by atoms with van der Waals surface area (Å²) in [5.74, 6) is -1.12. The van der Waals surface area contributed by atoms with E-state index in [0.717, 1.165) is 25.7 Å². The van der Waals surface area contributed by atoms with Crippen LogP contribution in [0, 0.1) is 5.41 Å². The molecule has 4 heteroatoms. The smallest absolute Gasteiger partial charge is 0.312 e. The van der Waals surface area contributed by atoms with Crippen molar-refractivity contribution in [1.82, 2.24) is 0 Å². The van der Waals surface area contributed by atoms with Gasteiger partial charge < -0.3 is 9.84 Å². The number of carbonyl (C=O) groups excluding carboxylic acids is 1. The summed E-state index contributed by atoms with van der Waals surface area (Å²) in [4.78, 5) is 22.4. The molecular weight excluding hydrogens is 208 g/mol. The highest BCUT2D eigenvalue weighted by Gasteiger charge is 2.42. The molecule has 1 aliphatic rings. The number of esters is 1. The van der Waals surface area contributed by atoms with Crippen molar-refractivity contribution in [2.24, 2.45) is 5.41 Å². The van der Waals surface area contributed by atoms with E-state index in [1.54, 1.807) is 0 Å². The van der Waals surface area contributed by atoms with Crippen molar-refractivity contribution >= 4 is 11.9 Å². The Balaban J connectivity index is 2.60. The van der Waals surface area contributed by atoms with Gasteiger partial charge in [0, 0.05) is 6.42 Å². The Labute approximate surface area is 95.3 Å². The first-order valence-electron chi connectivity index (χ1n) is 5.61. The quantitative estimate of drug-likeness (QED) is 0.556. The number of hydrogen-bond acceptors (Lipinski definition) is 3. The van der Waals surface area contributed by atoms with Gasteiger partial charge in [-0.25, -0.2) is 0 Å². The molecule has 1 N–H and O–H groups in total. The molecule has 0 bridgehead atoms. The molecule has 0 aromatic rings. The van der Waals surface area contributed by atoms with Gasteiger partial charge >= 0.3 is 11.9 Å². The minimum Gasteiger partial charge on any atom is -0.481 e. The molecule has 0 unspecified atom stereocenters. The van der Waals surface area contributed by atoms with Gasteiger partial charge in [0.25, 0.3) is 0 Å². The summed E-state index contributed by atoms with van der Waals surface area (Å²) in [5, 5.41) is 8.68. The van der Waals surface area contributed by atoms with Crippen LogP contribution in [0.2, 0.25) is 0 Å². The third kappa shape index (κ3) is 3.08. The molecule has 0 saturated heterocycles. The van der Waals surface area contributed by atoms with Gasteiger partial charge in [0.15, 0.2) is 0 Å². The summed E-state index contributed by atoms with van der Waals surface area (Å²) in [6, 6.07) is 0. The van der Waals surface area contributed by atoms with Crippen LogP contribution in [-0.2, 0) is 14.3 Å². The summed E-state index contributed by atoms with van der Waals surface area (Å²) < 4.78 is 5.06. The highest BCUT2D eigenvalue weighted by atomic mass is 16.5. The summed E-state index contributed by atoms with van der Waals surface area (Å²) in [6.45, 7) is 3.69. The van der Waals surface area contributed by atoms with Gasteiger partial charge in [-0.2, -0.15) is 0 Å². The lowest BCUT2D eigenvalue weighted by molar-refractivity contribution is -0.155. The molecule has 16 heavy (non-hydrogen) atoms. The van der Waals surface area contributed by atoms with Crippen molar-refractivity contribution < 1.29 is 19.4 Å². The van der Waals surface area contributed by atoms with E-state index in [4.69, 9.17) is 9.84 Å². The molecule has 0 radical (unpaired) electrons. The fraction of sp³-hybridized carbons (Fsp3) is 0.667. The first-order valence-corrected chi connectivity index (χ1v) is 5.61. The molecule has 1 fully saturated rings. The van der Waals surface area contributed by atoms with Crippen molar-refractivity contribution in [2.45, 2.75) is 38.5 Å². The van der Waals surface area contributed by atoms with Gasteiger partial charge in [-0.1, -0.05) is 25.5 Å². The van der Waals surface area contributed by atoms with E-state index in [1.807, 2.05) is 0 Å². The average Bonchev–Trinajstić information content (AvgIpc) is 2.73. The Morgan fingerprint density at radius 1 is 1.38 bits per heavy atom. The van der Waals surface area contributed by atoms with Crippen LogP contribution in [0.25, 0.3) is 0 Å². The van der Waals surface area contributed by atoms with Crippen molar-refractivity contribution in [3.05, 3.63) is 12.7 Å². The zero-order chi connectivity index (χ0) is 12.0. The molecular formula is C12H18O4. The second-order valence-electron chi connectivity index (χ2n) is 4.27. The number of carbonyl (C=O) groups is 2. The fourth-order valence-electron chi connectivity index (χ4n) is 2.24. The third-order valence-electron chi connectivity index (χ3n) is 3.14. The van der Waals surface area contributed by atoms with Gasteiger partial charge in [-0.05, 0) is 19.3 Å². The van der Waals surface area contributed by atoms with Crippen LogP contribution in [0.4, 0.5) is 0 Å². The van der Waals surface area contributed by atoms with E-state index >= 15 is 0 Å². The summed E-state index contributed by atoms with van der Waals surface area (Å²) in [5.41, 5.74) is -0.554. The second kappa shape index (κ2) is 5.68. The van der Waals surface area contributed by atoms with E-state index in [-0.39, 0.29) is 19.0 Å². The summed E-state index contributed by atoms with van der Waals surface area (Å²) in [7, 11) is 0. The van der Waals surface area contributed by atoms with Crippen molar-refractivity contribution in [3.8, 4) is 0 Å². The Morgan fingerprint density at radius 2 is 2.00 bits per heavy atom. The van der Waals surface area contributed by atoms with Gasteiger partial charge in [0.2, 0.25) is 0 Å². The molecule has 0 atom stereocenters. The predicted octanol–water partition coefficient (Wildman–Crippen LogP) is 2.14. The first kappa shape index (κ1) is 12.7. The zero-order valence-electron chi connectivity index (χ0n) is 9.41. The second-order valence-corrected chi connectivity index (χ2v) is 4.27. The lowest BCUT2D eigenvalue weighted by Gasteiger charge is -2.25. The molecule has 0 amide bonds. The zero-order valence-corrected chi connectivity index (χ0v) is 9.41. The molecule has 0 aromatic carbocycles. The molecule has 1 rings (SSSR count). The topological polar surface area (TPSA) is 63.6 Å². The molecule has 0 aliphatic heterocycles. The van der Waals surface area contributed by atoms with Crippen LogP contribution < -0.4 is 0 Å². The number of aliphatic carboxylic acids is 1. The summed E-state index contributed by atoms with van der Waals surface area (Å²) in [6.07, 6.45) is 5.39. The SMILES string of the molecule is C=CCOC(=O)C1(CCC(=O)O)CCCC1. The summed E-state index contributed by atoms with van der Waals surface area (Å²) >= 11 is 0. The predicted molar refractivity (Wildman–Crippen MR) is 58.9 cm³/mol. The number of rotatable bonds is 6. The van der Waals surface area contributed by atoms with Crippen LogP contribution >= 0.6 is 0 Å². The molecule has 90 valence electrons. The van der Waals surface area contributed by atoms with Crippen LogP contribution in [0.15, 0.2) is 12.7 Å². The molecule has 4 nitrogen and oxygen atoms in total. The molecule has 0 spiro atoms. The number of ether oxygens (including phenoxy) is 1. The van der Waals surface area contributed by atoms with Gasteiger partial charge in [0.1, 0.15) is 6.61 Å². The minimum atomic E-state index is -0.859. The lowest BCUT2D eigenvalue weighted by Crippen LogP contribution is -2.31. The van der Waals surface area contributed by atoms with Crippen LogP contribution in [-0.4, -0.2) is 23.7 Å². The Bertz CT molecular complexity index is 277. The van der Waals surface area contributed by atoms with E-state index in [2.05, 4.69) is 6.58 Å². The highest BCUT2D eigenvalue weighted by molar-refractivity contribution is 5.78. The normalized spacial score (nSPS) is 18.0. The maximum Gasteiger partial charge on any atom is 0.312 e. The van der Waals surface area contributed by atoms with Crippen molar-refractivity contribution in [2.75, 3.05) is 6.61 Å². The lowest BCUT2D eigenvalue weighted by atomic mass is 9.81. The number of carboxylic acid groups (broad SMARTS) is 1. The average molecular weight is 226 g/mol. The van der Waals surface area contributed by atoms with E-state index in [9.17, 15) is 9.59 Å². The van der Waals surface area contributed by atoms with Crippen molar-refractivity contribution in [1.29, 1.82) is 0 Å². The highest BCUT2D eigenvalue weighted by Crippen LogP contribution is 2.43. The van der Waals surface area contributed by atoms with Gasteiger partial charge in [-0.15, -0.1) is 0 Å². The van der Waals surface area contributed by atoms with Crippen LogP contribution in [0.1, 0.15) is 38.5 Å². The van der Waals surface area contributed by atoms with Gasteiger partial charge in [0.05, 0.1) is 5.41 Å². The first-order chi connectivity index (χ1) is 7.60. The fourth-order valence-corrected chi connectivity index (χ4v) is 2.24. The van der Waals surface area contributed by atoms with E-state index in [0.29, 0.717) is 6.42 Å².